The maximum absolute atomic E-state index is 6.45. The number of methoxy groups -OCH3 is 1. The minimum absolute atomic E-state index is 0.155. The van der Waals surface area contributed by atoms with Crippen molar-refractivity contribution in [2.24, 2.45) is 41.4 Å². The second-order valence-electron chi connectivity index (χ2n) is 16.5. The maximum Gasteiger partial charge on any atom is 0.257 e. The van der Waals surface area contributed by atoms with Crippen LogP contribution in [0.5, 0.6) is 11.5 Å². The van der Waals surface area contributed by atoms with Crippen LogP contribution in [0.2, 0.25) is 0 Å². The zero-order chi connectivity index (χ0) is 34.2. The third-order valence-electron chi connectivity index (χ3n) is 13.1. The summed E-state index contributed by atoms with van der Waals surface area (Å²) < 4.78 is 23.3. The average molecular weight is 693 g/mol. The molecule has 2 aromatic carbocycles. The van der Waals surface area contributed by atoms with Crippen molar-refractivity contribution in [2.45, 2.75) is 95.7 Å². The zero-order valence-electron chi connectivity index (χ0n) is 29.9. The molecule has 2 heterocycles. The third-order valence-corrected chi connectivity index (χ3v) is 13.1. The number of ether oxygens (including phenoxy) is 2. The van der Waals surface area contributed by atoms with Gasteiger partial charge in [0.15, 0.2) is 5.82 Å². The van der Waals surface area contributed by atoms with Crippen LogP contribution in [0.4, 0.5) is 0 Å². The van der Waals surface area contributed by atoms with E-state index in [2.05, 4.69) is 31.0 Å². The van der Waals surface area contributed by atoms with Crippen LogP contribution in [0.15, 0.2) is 57.5 Å². The Kier molecular flexibility index (Phi) is 9.31. The van der Waals surface area contributed by atoms with E-state index in [1.165, 1.54) is 77.0 Å². The van der Waals surface area contributed by atoms with Crippen molar-refractivity contribution in [1.29, 1.82) is 0 Å². The highest BCUT2D eigenvalue weighted by atomic mass is 16.5. The molecule has 4 unspecified atom stereocenters. The monoisotopic (exact) mass is 692 g/mol. The molecule has 6 aliphatic rings. The Labute approximate surface area is 300 Å². The summed E-state index contributed by atoms with van der Waals surface area (Å²) in [4.78, 5) is 4.68. The molecule has 6 bridgehead atoms. The maximum atomic E-state index is 6.45. The van der Waals surface area contributed by atoms with Crippen LogP contribution in [-0.4, -0.2) is 46.1 Å². The van der Waals surface area contributed by atoms with E-state index in [4.69, 9.17) is 18.4 Å². The van der Waals surface area contributed by atoms with Crippen molar-refractivity contribution in [2.75, 3.05) is 20.3 Å². The fraction of sp³-hybridized carbons (Fsp3) is 0.610. The van der Waals surface area contributed by atoms with E-state index in [1.54, 1.807) is 7.11 Å². The first-order valence-corrected chi connectivity index (χ1v) is 19.5. The number of hydrogen-bond donors (Lipinski definition) is 2. The largest absolute Gasteiger partial charge is 0.497 e. The molecule has 0 spiro atoms. The van der Waals surface area contributed by atoms with E-state index in [9.17, 15) is 0 Å². The molecule has 10 rings (SSSR count). The Morgan fingerprint density at radius 3 is 2.25 bits per heavy atom. The Bertz CT molecular complexity index is 1730. The number of nitrogens with one attached hydrogen (secondary N) is 2. The molecule has 0 amide bonds. The Hall–Kier alpha value is -3.76. The standard InChI is InChI=1S/C41H52N6O4/c1-48-34-9-5-30(6-10-34)39-44-37(47-51-39)23-43-41-20-29-18-32(21-41)36(33(19-29)22-41)25-49-35-11-7-31(8-12-35)40-46-45-38(50-40)24-42-14-13-28-16-26-3-2-4-27(15-26)17-28/h5-12,26-29,32-33,36,42-43H,2-4,13-25H2,1H3. The van der Waals surface area contributed by atoms with Crippen molar-refractivity contribution >= 4 is 0 Å². The van der Waals surface area contributed by atoms with E-state index >= 15 is 0 Å². The van der Waals surface area contributed by atoms with Crippen LogP contribution >= 0.6 is 0 Å². The highest BCUT2D eigenvalue weighted by Crippen LogP contribution is 2.58. The van der Waals surface area contributed by atoms with Gasteiger partial charge in [0.05, 0.1) is 26.8 Å². The van der Waals surface area contributed by atoms with E-state index in [0.29, 0.717) is 54.3 Å². The van der Waals surface area contributed by atoms with Crippen LogP contribution in [0, 0.1) is 41.4 Å². The highest BCUT2D eigenvalue weighted by molar-refractivity contribution is 5.54. The van der Waals surface area contributed by atoms with Crippen molar-refractivity contribution in [3.63, 3.8) is 0 Å². The average Bonchev–Trinajstić information content (AvgIpc) is 3.83. The van der Waals surface area contributed by atoms with E-state index in [1.807, 2.05) is 48.5 Å². The fourth-order valence-corrected chi connectivity index (χ4v) is 11.0. The van der Waals surface area contributed by atoms with E-state index in [0.717, 1.165) is 59.4 Å². The number of benzene rings is 2. The summed E-state index contributed by atoms with van der Waals surface area (Å²) in [5.74, 6) is 9.76. The summed E-state index contributed by atoms with van der Waals surface area (Å²) in [6, 6.07) is 15.9. The first-order chi connectivity index (χ1) is 25.1. The van der Waals surface area contributed by atoms with Gasteiger partial charge in [-0.2, -0.15) is 4.98 Å². The predicted molar refractivity (Wildman–Crippen MR) is 193 cm³/mol. The lowest BCUT2D eigenvalue weighted by Crippen LogP contribution is -2.61. The summed E-state index contributed by atoms with van der Waals surface area (Å²) in [5.41, 5.74) is 1.98. The molecule has 0 saturated heterocycles. The molecule has 10 nitrogen and oxygen atoms in total. The molecule has 6 fully saturated rings. The smallest absolute Gasteiger partial charge is 0.257 e. The molecule has 2 N–H and O–H groups in total. The molecular weight excluding hydrogens is 640 g/mol. The van der Waals surface area contributed by atoms with Gasteiger partial charge in [-0.25, -0.2) is 0 Å². The number of aromatic nitrogens is 4. The normalized spacial score (nSPS) is 30.8. The molecule has 6 aliphatic carbocycles. The quantitative estimate of drug-likeness (QED) is 0.126. The SMILES string of the molecule is COc1ccc(-c2nc(CNC34CC5CC(C3)C(COc3ccc(-c6nnc(CNCCC7CC8CCCC(C8)C7)o6)cc3)C(C5)C4)no2)cc1. The fourth-order valence-electron chi connectivity index (χ4n) is 11.0. The topological polar surface area (TPSA) is 120 Å². The minimum Gasteiger partial charge on any atom is -0.497 e. The first-order valence-electron chi connectivity index (χ1n) is 19.5. The van der Waals surface area contributed by atoms with Crippen LogP contribution in [0.25, 0.3) is 22.9 Å². The summed E-state index contributed by atoms with van der Waals surface area (Å²) >= 11 is 0. The van der Waals surface area contributed by atoms with Crippen LogP contribution < -0.4 is 20.1 Å². The van der Waals surface area contributed by atoms with Gasteiger partial charge >= 0.3 is 0 Å². The van der Waals surface area contributed by atoms with Gasteiger partial charge in [0.2, 0.25) is 11.8 Å². The number of rotatable bonds is 14. The predicted octanol–water partition coefficient (Wildman–Crippen LogP) is 7.85. The second-order valence-corrected chi connectivity index (χ2v) is 16.5. The molecule has 0 aliphatic heterocycles. The van der Waals surface area contributed by atoms with E-state index in [-0.39, 0.29) is 5.54 Å². The van der Waals surface area contributed by atoms with Crippen molar-refractivity contribution < 1.29 is 18.4 Å². The Balaban J connectivity index is 0.735. The molecule has 4 atom stereocenters. The van der Waals surface area contributed by atoms with E-state index < -0.39 is 0 Å². The molecule has 2 aromatic heterocycles. The molecular formula is C41H52N6O4. The third kappa shape index (κ3) is 7.31. The van der Waals surface area contributed by atoms with Gasteiger partial charge in [-0.3, -0.25) is 0 Å². The Morgan fingerprint density at radius 2 is 1.51 bits per heavy atom. The number of fused-ring (bicyclic) bond motifs is 2. The number of nitrogens with zero attached hydrogens (tertiary/aromatic N) is 4. The lowest BCUT2D eigenvalue weighted by atomic mass is 9.49. The number of hydrogen-bond acceptors (Lipinski definition) is 10. The van der Waals surface area contributed by atoms with Gasteiger partial charge in [-0.15, -0.1) is 10.2 Å². The zero-order valence-corrected chi connectivity index (χ0v) is 29.9. The molecule has 270 valence electrons. The summed E-state index contributed by atoms with van der Waals surface area (Å²) in [6.07, 6.45) is 16.2. The van der Waals surface area contributed by atoms with Crippen LogP contribution in [0.3, 0.4) is 0 Å². The molecule has 51 heavy (non-hydrogen) atoms. The molecule has 10 heteroatoms. The van der Waals surface area contributed by atoms with Gasteiger partial charge in [0, 0.05) is 16.7 Å². The summed E-state index contributed by atoms with van der Waals surface area (Å²) in [5, 5.41) is 20.4. The van der Waals surface area contributed by atoms with Crippen molar-refractivity contribution in [3.05, 3.63) is 60.2 Å². The van der Waals surface area contributed by atoms with Gasteiger partial charge in [-0.05, 0) is 154 Å². The van der Waals surface area contributed by atoms with Crippen molar-refractivity contribution in [1.82, 2.24) is 31.0 Å². The van der Waals surface area contributed by atoms with Gasteiger partial charge in [0.1, 0.15) is 11.5 Å². The molecule has 0 radical (unpaired) electrons. The van der Waals surface area contributed by atoms with Gasteiger partial charge in [0.25, 0.3) is 5.89 Å². The van der Waals surface area contributed by atoms with Gasteiger partial charge in [-0.1, -0.05) is 24.4 Å². The van der Waals surface area contributed by atoms with Crippen LogP contribution in [-0.2, 0) is 13.1 Å². The van der Waals surface area contributed by atoms with Crippen LogP contribution in [0.1, 0.15) is 88.8 Å². The second kappa shape index (κ2) is 14.3. The molecule has 6 saturated carbocycles. The lowest BCUT2D eigenvalue weighted by Gasteiger charge is -2.60. The molecule has 4 aromatic rings. The van der Waals surface area contributed by atoms with Gasteiger partial charge < -0.3 is 29.0 Å². The highest BCUT2D eigenvalue weighted by Gasteiger charge is 2.55. The van der Waals surface area contributed by atoms with Crippen molar-refractivity contribution in [3.8, 4) is 34.4 Å². The first kappa shape index (κ1) is 33.1. The minimum atomic E-state index is 0.155. The summed E-state index contributed by atoms with van der Waals surface area (Å²) in [6.45, 7) is 3.03. The Morgan fingerprint density at radius 1 is 0.784 bits per heavy atom. The summed E-state index contributed by atoms with van der Waals surface area (Å²) in [7, 11) is 1.66. The lowest BCUT2D eigenvalue weighted by molar-refractivity contribution is -0.0800.